The second kappa shape index (κ2) is 10.5. The number of anilines is 1. The zero-order valence-corrected chi connectivity index (χ0v) is 23.9. The molecule has 9 nitrogen and oxygen atoms in total. The molecule has 6 rings (SSSR count). The summed E-state index contributed by atoms with van der Waals surface area (Å²) in [4.78, 5) is 27.7. The molecule has 0 saturated carbocycles. The van der Waals surface area contributed by atoms with Crippen molar-refractivity contribution < 1.29 is 38.8 Å². The Morgan fingerprint density at radius 3 is 2.23 bits per heavy atom. The van der Waals surface area contributed by atoms with Crippen LogP contribution in [0.25, 0.3) is 0 Å². The number of hydrogen-bond acceptors (Lipinski definition) is 7. The van der Waals surface area contributed by atoms with E-state index in [4.69, 9.17) is 9.47 Å². The van der Waals surface area contributed by atoms with Crippen molar-refractivity contribution >= 4 is 17.6 Å². The second-order valence-corrected chi connectivity index (χ2v) is 11.8. The summed E-state index contributed by atoms with van der Waals surface area (Å²) in [7, 11) is 0. The third-order valence-corrected chi connectivity index (χ3v) is 9.08. The average Bonchev–Trinajstić information content (AvgIpc) is 3.67. The van der Waals surface area contributed by atoms with Crippen molar-refractivity contribution in [2.75, 3.05) is 11.9 Å². The lowest BCUT2D eigenvalue weighted by molar-refractivity contribution is -0.326. The highest BCUT2D eigenvalue weighted by Gasteiger charge is 2.99. The lowest BCUT2D eigenvalue weighted by atomic mass is 9.73. The number of morpholine rings is 1. The Balaban J connectivity index is 1.59. The predicted octanol–water partition coefficient (Wildman–Crippen LogP) is 3.96. The highest BCUT2D eigenvalue weighted by molar-refractivity contribution is 6.03. The van der Waals surface area contributed by atoms with Crippen LogP contribution in [0.1, 0.15) is 44.2 Å². The van der Waals surface area contributed by atoms with Crippen LogP contribution in [0.15, 0.2) is 84.9 Å². The summed E-state index contributed by atoms with van der Waals surface area (Å²) in [6, 6.07) is 23.6. The van der Waals surface area contributed by atoms with Gasteiger partial charge in [0.2, 0.25) is 5.60 Å². The maximum Gasteiger partial charge on any atom is 0.305 e. The molecule has 10 heteroatoms. The fourth-order valence-electron chi connectivity index (χ4n) is 7.33. The van der Waals surface area contributed by atoms with Crippen LogP contribution >= 0.6 is 0 Å². The first kappa shape index (κ1) is 29.4. The fraction of sp³-hybridized carbons (Fsp3) is 0.394. The molecule has 4 N–H and O–H groups in total. The van der Waals surface area contributed by atoms with Gasteiger partial charge in [0.1, 0.15) is 5.82 Å². The number of fused-ring (bicyclic) bond motifs is 3. The van der Waals surface area contributed by atoms with Crippen LogP contribution in [0.5, 0.6) is 0 Å². The molecule has 3 aliphatic heterocycles. The molecule has 0 bridgehead atoms. The lowest BCUT2D eigenvalue weighted by Gasteiger charge is -2.54. The van der Waals surface area contributed by atoms with Gasteiger partial charge in [0.05, 0.1) is 18.6 Å². The van der Waals surface area contributed by atoms with E-state index < -0.39 is 64.9 Å². The third-order valence-electron chi connectivity index (χ3n) is 9.08. The number of amides is 1. The van der Waals surface area contributed by atoms with Crippen molar-refractivity contribution in [1.82, 2.24) is 4.90 Å². The van der Waals surface area contributed by atoms with Gasteiger partial charge in [-0.3, -0.25) is 9.59 Å². The molecule has 0 aliphatic carbocycles. The third kappa shape index (κ3) is 4.08. The molecule has 0 aromatic heterocycles. The molecule has 43 heavy (non-hydrogen) atoms. The van der Waals surface area contributed by atoms with Gasteiger partial charge in [0.15, 0.2) is 17.1 Å². The summed E-state index contributed by atoms with van der Waals surface area (Å²) in [5.41, 5.74) is -5.55. The summed E-state index contributed by atoms with van der Waals surface area (Å²) in [5, 5.41) is 35.7. The zero-order chi connectivity index (χ0) is 30.6. The molecule has 3 aliphatic rings. The Bertz CT molecular complexity index is 1510. The van der Waals surface area contributed by atoms with Crippen molar-refractivity contribution in [2.45, 2.75) is 68.0 Å². The molecule has 3 fully saturated rings. The summed E-state index contributed by atoms with van der Waals surface area (Å²) in [6.07, 6.45) is -2.01. The molecule has 3 saturated heterocycles. The van der Waals surface area contributed by atoms with E-state index in [1.54, 1.807) is 79.4 Å². The number of ether oxygens (including phenoxy) is 2. The first-order valence-corrected chi connectivity index (χ1v) is 14.5. The molecule has 6 atom stereocenters. The van der Waals surface area contributed by atoms with Gasteiger partial charge in [-0.1, -0.05) is 74.5 Å². The topological polar surface area (TPSA) is 132 Å². The van der Waals surface area contributed by atoms with Crippen molar-refractivity contribution in [3.63, 3.8) is 0 Å². The molecular formula is C33H35FN2O7. The minimum atomic E-state index is -1.92. The number of benzene rings is 3. The molecule has 226 valence electrons. The van der Waals surface area contributed by atoms with Crippen LogP contribution in [-0.4, -0.2) is 62.2 Å². The van der Waals surface area contributed by atoms with Crippen molar-refractivity contribution in [1.29, 1.82) is 0 Å². The number of halogens is 1. The minimum absolute atomic E-state index is 0.00271. The standard InChI is InChI=1S/C33H35FN2O7/c1-21(2)32(41)31(29(40)35-25-11-7-4-8-12-25)30(43-31,22-9-5-3-6-10-22)33(23-13-15-24(34)16-14-23)36(32)18-17-27(42-33)19-26(37)20-28(38)39/h3-16,21,26-27,37,41H,17-20H2,1-2H3,(H,35,40)(H,38,39)/t26-,27+,30-,31-,32-,33+/m1/s1. The van der Waals surface area contributed by atoms with E-state index in [2.05, 4.69) is 5.32 Å². The smallest absolute Gasteiger partial charge is 0.305 e. The number of carbonyl (C=O) groups excluding carboxylic acids is 1. The number of carbonyl (C=O) groups is 2. The number of carboxylic acid groups (broad SMARTS) is 1. The maximum absolute atomic E-state index is 14.6. The summed E-state index contributed by atoms with van der Waals surface area (Å²) >= 11 is 0. The van der Waals surface area contributed by atoms with Crippen LogP contribution in [0.2, 0.25) is 0 Å². The highest BCUT2D eigenvalue weighted by atomic mass is 19.1. The van der Waals surface area contributed by atoms with Crippen LogP contribution in [0, 0.1) is 11.7 Å². The summed E-state index contributed by atoms with van der Waals surface area (Å²) in [6.45, 7) is 3.83. The van der Waals surface area contributed by atoms with Gasteiger partial charge in [-0.2, -0.15) is 0 Å². The van der Waals surface area contributed by atoms with Gasteiger partial charge in [-0.15, -0.1) is 0 Å². The van der Waals surface area contributed by atoms with E-state index in [-0.39, 0.29) is 13.0 Å². The number of carboxylic acids is 1. The first-order valence-electron chi connectivity index (χ1n) is 14.5. The van der Waals surface area contributed by atoms with Gasteiger partial charge in [-0.05, 0) is 42.2 Å². The number of hydrogen-bond donors (Lipinski definition) is 4. The number of para-hydroxylation sites is 1. The average molecular weight is 591 g/mol. The van der Waals surface area contributed by atoms with Crippen LogP contribution in [-0.2, 0) is 30.4 Å². The molecular weight excluding hydrogens is 555 g/mol. The van der Waals surface area contributed by atoms with Crippen LogP contribution in [0.4, 0.5) is 10.1 Å². The summed E-state index contributed by atoms with van der Waals surface area (Å²) < 4.78 is 28.0. The normalized spacial score (nSPS) is 32.1. The number of epoxide rings is 1. The van der Waals surface area contributed by atoms with Gasteiger partial charge in [0, 0.05) is 24.2 Å². The van der Waals surface area contributed by atoms with Crippen molar-refractivity contribution in [3.8, 4) is 0 Å². The van der Waals surface area contributed by atoms with E-state index in [1.165, 1.54) is 12.1 Å². The number of nitrogens with one attached hydrogen (secondary N) is 1. The Hall–Kier alpha value is -3.67. The molecule has 0 unspecified atom stereocenters. The zero-order valence-electron chi connectivity index (χ0n) is 23.9. The molecule has 0 spiro atoms. The monoisotopic (exact) mass is 590 g/mol. The van der Waals surface area contributed by atoms with E-state index in [0.717, 1.165) is 0 Å². The SMILES string of the molecule is CC(C)[C@]1(O)N2CC[C@@H](C[C@@H](O)CC(=O)O)O[C@@]2(c2ccc(F)cc2)[C@]2(c3ccccc3)O[C@]21C(=O)Nc1ccccc1. The molecule has 3 aromatic carbocycles. The van der Waals surface area contributed by atoms with E-state index in [0.29, 0.717) is 23.2 Å². The molecule has 0 radical (unpaired) electrons. The second-order valence-electron chi connectivity index (χ2n) is 11.8. The Labute approximate surface area is 248 Å². The minimum Gasteiger partial charge on any atom is -0.481 e. The van der Waals surface area contributed by atoms with Gasteiger partial charge >= 0.3 is 5.97 Å². The maximum atomic E-state index is 14.6. The fourth-order valence-corrected chi connectivity index (χ4v) is 7.33. The Morgan fingerprint density at radius 1 is 1.00 bits per heavy atom. The Morgan fingerprint density at radius 2 is 1.63 bits per heavy atom. The number of nitrogens with zero attached hydrogens (tertiary/aromatic N) is 1. The number of rotatable bonds is 9. The number of aliphatic hydroxyl groups excluding tert-OH is 1. The van der Waals surface area contributed by atoms with Gasteiger partial charge in [-0.25, -0.2) is 9.29 Å². The summed E-state index contributed by atoms with van der Waals surface area (Å²) in [5.74, 6) is -2.75. The number of aliphatic carboxylic acids is 1. The highest BCUT2D eigenvalue weighted by Crippen LogP contribution is 2.79. The Kier molecular flexibility index (Phi) is 7.18. The lowest BCUT2D eigenvalue weighted by Crippen LogP contribution is -2.68. The van der Waals surface area contributed by atoms with Gasteiger partial charge in [0.25, 0.3) is 5.91 Å². The quantitative estimate of drug-likeness (QED) is 0.276. The van der Waals surface area contributed by atoms with E-state index in [9.17, 15) is 29.3 Å². The molecule has 3 aromatic rings. The van der Waals surface area contributed by atoms with E-state index in [1.807, 2.05) is 12.1 Å². The first-order chi connectivity index (χ1) is 20.5. The largest absolute Gasteiger partial charge is 0.481 e. The number of aliphatic hydroxyl groups is 2. The van der Waals surface area contributed by atoms with Crippen LogP contribution in [0.3, 0.4) is 0 Å². The van der Waals surface area contributed by atoms with Crippen molar-refractivity contribution in [3.05, 3.63) is 102 Å². The molecule has 3 heterocycles. The van der Waals surface area contributed by atoms with Crippen LogP contribution < -0.4 is 5.32 Å². The van der Waals surface area contributed by atoms with Crippen molar-refractivity contribution in [2.24, 2.45) is 5.92 Å². The molecule has 1 amide bonds. The predicted molar refractivity (Wildman–Crippen MR) is 154 cm³/mol. The van der Waals surface area contributed by atoms with E-state index >= 15 is 0 Å². The van der Waals surface area contributed by atoms with Gasteiger partial charge < -0.3 is 30.1 Å².